The molecular formula is C27H27FN4O3. The minimum atomic E-state index is -1.24. The van der Waals surface area contributed by atoms with Crippen molar-refractivity contribution in [2.24, 2.45) is 0 Å². The number of fused-ring (bicyclic) bond motifs is 1. The molecule has 3 N–H and O–H groups in total. The highest BCUT2D eigenvalue weighted by molar-refractivity contribution is 5.98. The van der Waals surface area contributed by atoms with Gasteiger partial charge in [-0.15, -0.1) is 0 Å². The van der Waals surface area contributed by atoms with Crippen LogP contribution >= 0.6 is 0 Å². The Morgan fingerprint density at radius 1 is 1.06 bits per heavy atom. The van der Waals surface area contributed by atoms with Crippen LogP contribution in [0.15, 0.2) is 60.8 Å². The molecule has 1 aliphatic rings. The van der Waals surface area contributed by atoms with Gasteiger partial charge >= 0.3 is 0 Å². The summed E-state index contributed by atoms with van der Waals surface area (Å²) in [6.45, 7) is 7.81. The second-order valence-electron chi connectivity index (χ2n) is 8.21. The zero-order chi connectivity index (χ0) is 24.8. The molecule has 0 unspecified atom stereocenters. The molecular weight excluding hydrogens is 447 g/mol. The predicted octanol–water partition coefficient (Wildman–Crippen LogP) is 2.74. The molecule has 0 spiro atoms. The summed E-state index contributed by atoms with van der Waals surface area (Å²) in [5.74, 6) is -1.62. The van der Waals surface area contributed by atoms with E-state index in [-0.39, 0.29) is 11.4 Å². The third kappa shape index (κ3) is 5.62. The van der Waals surface area contributed by atoms with Crippen molar-refractivity contribution in [1.29, 1.82) is 0 Å². The number of rotatable bonds is 4. The normalized spacial score (nSPS) is 13.1. The summed E-state index contributed by atoms with van der Waals surface area (Å²) in [6.07, 6.45) is 1.67. The number of carbonyl (C=O) groups is 1. The molecule has 1 saturated heterocycles. The number of nitrogens with one attached hydrogen (secondary N) is 1. The number of aromatic nitrogens is 2. The van der Waals surface area contributed by atoms with E-state index in [9.17, 15) is 14.3 Å². The Hall–Kier alpha value is -3.88. The molecule has 0 radical (unpaired) electrons. The van der Waals surface area contributed by atoms with Gasteiger partial charge in [0.25, 0.3) is 0 Å². The van der Waals surface area contributed by atoms with Gasteiger partial charge in [0, 0.05) is 34.5 Å². The van der Waals surface area contributed by atoms with Crippen molar-refractivity contribution in [3.8, 4) is 11.4 Å². The lowest BCUT2D eigenvalue weighted by Gasteiger charge is -2.19. The van der Waals surface area contributed by atoms with Gasteiger partial charge in [-0.25, -0.2) is 9.37 Å². The Balaban J connectivity index is 0.000000421. The van der Waals surface area contributed by atoms with Crippen molar-refractivity contribution >= 4 is 28.2 Å². The molecule has 5 rings (SSSR count). The standard InChI is InChI=1S/C23H18FN3O2.C4H9NO/c1-13-16(23(28)29)6-5-8-18(13)26-21-14(2)22(19-7-3-4-11-25-19)27-20-12-15(24)9-10-17(20)21;1-3-6-4-2-5-1/h3-12H,1-2H3,(H,26,27)(H,28,29);5H,1-4H2. The van der Waals surface area contributed by atoms with Gasteiger partial charge in [-0.05, 0) is 49.7 Å². The largest absolute Gasteiger partial charge is 0.545 e. The molecule has 35 heavy (non-hydrogen) atoms. The van der Waals surface area contributed by atoms with E-state index >= 15 is 0 Å². The van der Waals surface area contributed by atoms with E-state index in [0.717, 1.165) is 37.3 Å². The van der Waals surface area contributed by atoms with Gasteiger partial charge in [0.1, 0.15) is 5.82 Å². The summed E-state index contributed by atoms with van der Waals surface area (Å²) >= 11 is 0. The van der Waals surface area contributed by atoms with E-state index in [0.29, 0.717) is 33.8 Å². The highest BCUT2D eigenvalue weighted by Gasteiger charge is 2.16. The second kappa shape index (κ2) is 11.0. The van der Waals surface area contributed by atoms with Crippen molar-refractivity contribution in [1.82, 2.24) is 9.97 Å². The number of hydrogen-bond donors (Lipinski definition) is 2. The van der Waals surface area contributed by atoms with Gasteiger partial charge < -0.3 is 25.3 Å². The van der Waals surface area contributed by atoms with Crippen LogP contribution in [-0.2, 0) is 4.74 Å². The van der Waals surface area contributed by atoms with Crippen LogP contribution < -0.4 is 15.7 Å². The van der Waals surface area contributed by atoms with Crippen LogP contribution in [0.25, 0.3) is 22.3 Å². The first-order chi connectivity index (χ1) is 17.0. The Labute approximate surface area is 203 Å². The lowest BCUT2D eigenvalue weighted by atomic mass is 10.0. The summed E-state index contributed by atoms with van der Waals surface area (Å²) in [5.41, 5.74) is 4.60. The fraction of sp³-hybridized carbons (Fsp3) is 0.222. The monoisotopic (exact) mass is 474 g/mol. The zero-order valence-corrected chi connectivity index (χ0v) is 19.7. The molecule has 1 aliphatic heterocycles. The Morgan fingerprint density at radius 3 is 2.49 bits per heavy atom. The minimum absolute atomic E-state index is 0.113. The first-order valence-corrected chi connectivity index (χ1v) is 11.4. The zero-order valence-electron chi connectivity index (χ0n) is 19.7. The van der Waals surface area contributed by atoms with E-state index in [1.54, 1.807) is 31.3 Å². The minimum Gasteiger partial charge on any atom is -0.545 e. The molecule has 1 fully saturated rings. The number of carboxylic acid groups (broad SMARTS) is 1. The fourth-order valence-electron chi connectivity index (χ4n) is 3.95. The number of halogens is 1. The quantitative estimate of drug-likeness (QED) is 0.471. The lowest BCUT2D eigenvalue weighted by molar-refractivity contribution is -0.670. The number of hydrogen-bond acceptors (Lipinski definition) is 6. The first-order valence-electron chi connectivity index (χ1n) is 11.4. The Morgan fingerprint density at radius 2 is 1.86 bits per heavy atom. The van der Waals surface area contributed by atoms with Crippen molar-refractivity contribution in [2.45, 2.75) is 13.8 Å². The topological polar surface area (TPSA) is 104 Å². The van der Waals surface area contributed by atoms with E-state index in [4.69, 9.17) is 4.74 Å². The van der Waals surface area contributed by atoms with Gasteiger partial charge in [-0.2, -0.15) is 0 Å². The van der Waals surface area contributed by atoms with Crippen LogP contribution in [0.4, 0.5) is 15.8 Å². The maximum absolute atomic E-state index is 13.9. The summed E-state index contributed by atoms with van der Waals surface area (Å²) in [4.78, 5) is 20.4. The van der Waals surface area contributed by atoms with E-state index < -0.39 is 5.97 Å². The SMILES string of the molecule is C1COCC[NH2+]1.Cc1c(Nc2c(C)c(-c3ccccn3)nc3cc(F)ccc23)cccc1C(=O)[O-]. The molecule has 180 valence electrons. The number of nitrogens with zero attached hydrogens (tertiary/aromatic N) is 2. The maximum atomic E-state index is 13.9. The number of anilines is 2. The molecule has 0 bridgehead atoms. The average Bonchev–Trinajstić information content (AvgIpc) is 2.88. The number of ether oxygens (including phenoxy) is 1. The van der Waals surface area contributed by atoms with Gasteiger partial charge in [-0.3, -0.25) is 4.98 Å². The lowest BCUT2D eigenvalue weighted by Crippen LogP contribution is -2.87. The Kier molecular flexibility index (Phi) is 7.64. The Bertz CT molecular complexity index is 1330. The van der Waals surface area contributed by atoms with Crippen LogP contribution in [0.2, 0.25) is 0 Å². The summed E-state index contributed by atoms with van der Waals surface area (Å²) < 4.78 is 18.9. The number of benzene rings is 2. The smallest absolute Gasteiger partial charge is 0.125 e. The van der Waals surface area contributed by atoms with Crippen LogP contribution in [0.1, 0.15) is 21.5 Å². The van der Waals surface area contributed by atoms with Crippen molar-refractivity contribution < 1.29 is 24.3 Å². The third-order valence-electron chi connectivity index (χ3n) is 5.85. The molecule has 0 aliphatic carbocycles. The van der Waals surface area contributed by atoms with Crippen LogP contribution in [0.5, 0.6) is 0 Å². The van der Waals surface area contributed by atoms with Gasteiger partial charge in [0.05, 0.1) is 54.9 Å². The van der Waals surface area contributed by atoms with E-state index in [1.807, 2.05) is 25.1 Å². The number of morpholine rings is 1. The van der Waals surface area contributed by atoms with Gasteiger partial charge in [0.2, 0.25) is 0 Å². The molecule has 0 saturated carbocycles. The summed E-state index contributed by atoms with van der Waals surface area (Å²) in [6, 6.07) is 14.9. The highest BCUT2D eigenvalue weighted by atomic mass is 19.1. The average molecular weight is 475 g/mol. The summed E-state index contributed by atoms with van der Waals surface area (Å²) in [5, 5.41) is 17.7. The number of carboxylic acids is 1. The maximum Gasteiger partial charge on any atom is 0.125 e. The highest BCUT2D eigenvalue weighted by Crippen LogP contribution is 2.35. The van der Waals surface area contributed by atoms with E-state index in [2.05, 4.69) is 20.6 Å². The molecule has 0 amide bonds. The number of quaternary nitrogens is 1. The molecule has 3 heterocycles. The second-order valence-corrected chi connectivity index (χ2v) is 8.21. The van der Waals surface area contributed by atoms with Gasteiger partial charge in [0.15, 0.2) is 0 Å². The molecule has 8 heteroatoms. The third-order valence-corrected chi connectivity index (χ3v) is 5.85. The van der Waals surface area contributed by atoms with Gasteiger partial charge in [-0.1, -0.05) is 18.2 Å². The van der Waals surface area contributed by atoms with E-state index in [1.165, 1.54) is 18.2 Å². The molecule has 0 atom stereocenters. The van der Waals surface area contributed by atoms with Crippen LogP contribution in [0.3, 0.4) is 0 Å². The molecule has 4 aromatic rings. The number of pyridine rings is 2. The molecule has 2 aromatic carbocycles. The van der Waals surface area contributed by atoms with Crippen molar-refractivity contribution in [3.05, 3.63) is 83.3 Å². The summed E-state index contributed by atoms with van der Waals surface area (Å²) in [7, 11) is 0. The number of nitrogens with two attached hydrogens (primary N) is 1. The number of carbonyl (C=O) groups excluding carboxylic acids is 1. The predicted molar refractivity (Wildman–Crippen MR) is 131 cm³/mol. The molecule has 7 nitrogen and oxygen atoms in total. The van der Waals surface area contributed by atoms with Crippen molar-refractivity contribution in [2.75, 3.05) is 31.6 Å². The number of aromatic carboxylic acids is 1. The van der Waals surface area contributed by atoms with Crippen LogP contribution in [0, 0.1) is 19.7 Å². The van der Waals surface area contributed by atoms with Crippen LogP contribution in [-0.4, -0.2) is 42.2 Å². The first kappa shape index (κ1) is 24.3. The fourth-order valence-corrected chi connectivity index (χ4v) is 3.95. The molecule has 2 aromatic heterocycles. The van der Waals surface area contributed by atoms with Crippen molar-refractivity contribution in [3.63, 3.8) is 0 Å².